The van der Waals surface area contributed by atoms with Crippen LogP contribution in [0.25, 0.3) is 0 Å². The number of carboxylic acid groups (broad SMARTS) is 1. The summed E-state index contributed by atoms with van der Waals surface area (Å²) < 4.78 is 4.86. The van der Waals surface area contributed by atoms with Gasteiger partial charge in [-0.2, -0.15) is 0 Å². The number of benzene rings is 1. The minimum atomic E-state index is -1.02. The Morgan fingerprint density at radius 2 is 2.04 bits per heavy atom. The molecule has 2 N–H and O–H groups in total. The van der Waals surface area contributed by atoms with Gasteiger partial charge in [0.05, 0.1) is 6.61 Å². The highest BCUT2D eigenvalue weighted by Gasteiger charge is 2.37. The largest absolute Gasteiger partial charge is 0.480 e. The van der Waals surface area contributed by atoms with Crippen molar-refractivity contribution in [2.24, 2.45) is 0 Å². The maximum Gasteiger partial charge on any atom is 0.407 e. The summed E-state index contributed by atoms with van der Waals surface area (Å²) in [6.45, 7) is 2.25. The first-order chi connectivity index (χ1) is 11.5. The summed E-state index contributed by atoms with van der Waals surface area (Å²) >= 11 is 0. The van der Waals surface area contributed by atoms with Gasteiger partial charge in [-0.15, -0.1) is 0 Å². The van der Waals surface area contributed by atoms with Crippen molar-refractivity contribution in [3.05, 3.63) is 35.9 Å². The molecule has 0 saturated carbocycles. The highest BCUT2D eigenvalue weighted by atomic mass is 16.5. The van der Waals surface area contributed by atoms with Gasteiger partial charge in [0.2, 0.25) is 5.91 Å². The average molecular weight is 334 g/mol. The Morgan fingerprint density at radius 1 is 1.33 bits per heavy atom. The summed E-state index contributed by atoms with van der Waals surface area (Å²) in [6.07, 6.45) is 0.665. The third kappa shape index (κ3) is 4.47. The van der Waals surface area contributed by atoms with E-state index in [2.05, 4.69) is 5.32 Å². The summed E-state index contributed by atoms with van der Waals surface area (Å²) in [5, 5.41) is 11.8. The number of rotatable bonds is 6. The van der Waals surface area contributed by atoms with Crippen LogP contribution < -0.4 is 5.32 Å². The quantitative estimate of drug-likeness (QED) is 0.820. The minimum Gasteiger partial charge on any atom is -0.480 e. The zero-order valence-electron chi connectivity index (χ0n) is 13.6. The van der Waals surface area contributed by atoms with Crippen LogP contribution in [0.4, 0.5) is 4.79 Å². The first kappa shape index (κ1) is 17.8. The lowest BCUT2D eigenvalue weighted by Crippen LogP contribution is -2.52. The Kier molecular flexibility index (Phi) is 6.17. The van der Waals surface area contributed by atoms with Gasteiger partial charge in [-0.25, -0.2) is 9.59 Å². The van der Waals surface area contributed by atoms with Gasteiger partial charge in [-0.3, -0.25) is 4.79 Å². The van der Waals surface area contributed by atoms with E-state index in [0.29, 0.717) is 19.4 Å². The Morgan fingerprint density at radius 3 is 2.67 bits per heavy atom. The molecule has 2 amide bonds. The number of carbonyl (C=O) groups excluding carboxylic acids is 2. The molecule has 0 aliphatic carbocycles. The summed E-state index contributed by atoms with van der Waals surface area (Å²) in [5.41, 5.74) is 0.874. The number of aliphatic carboxylic acids is 1. The monoisotopic (exact) mass is 334 g/mol. The van der Waals surface area contributed by atoms with Crippen LogP contribution in [0.1, 0.15) is 25.3 Å². The van der Waals surface area contributed by atoms with Gasteiger partial charge < -0.3 is 20.1 Å². The smallest absolute Gasteiger partial charge is 0.407 e. The van der Waals surface area contributed by atoms with Crippen LogP contribution in [0, 0.1) is 0 Å². The number of carbonyl (C=O) groups is 3. The molecule has 130 valence electrons. The summed E-state index contributed by atoms with van der Waals surface area (Å²) in [5.74, 6) is -1.41. The van der Waals surface area contributed by atoms with Crippen LogP contribution in [-0.4, -0.2) is 53.2 Å². The van der Waals surface area contributed by atoms with Gasteiger partial charge in [0.1, 0.15) is 12.1 Å². The van der Waals surface area contributed by atoms with Gasteiger partial charge in [-0.1, -0.05) is 30.3 Å². The molecule has 1 saturated heterocycles. The average Bonchev–Trinajstić information content (AvgIpc) is 3.04. The van der Waals surface area contributed by atoms with Crippen LogP contribution in [-0.2, 0) is 20.7 Å². The topological polar surface area (TPSA) is 95.9 Å². The van der Waals surface area contributed by atoms with E-state index >= 15 is 0 Å². The van der Waals surface area contributed by atoms with Crippen LogP contribution in [0.5, 0.6) is 0 Å². The summed E-state index contributed by atoms with van der Waals surface area (Å²) in [6, 6.07) is 7.57. The van der Waals surface area contributed by atoms with E-state index in [4.69, 9.17) is 4.74 Å². The zero-order chi connectivity index (χ0) is 17.5. The molecule has 7 nitrogen and oxygen atoms in total. The SMILES string of the molecule is CCOC(=O)N[C@H](Cc1ccccc1)C(=O)N1CCC[C@H]1C(=O)O. The number of likely N-dealkylation sites (tertiary alicyclic amines) is 1. The van der Waals surface area contributed by atoms with Crippen LogP contribution in [0.3, 0.4) is 0 Å². The third-order valence-corrected chi connectivity index (χ3v) is 3.97. The van der Waals surface area contributed by atoms with E-state index in [1.54, 1.807) is 6.92 Å². The van der Waals surface area contributed by atoms with E-state index in [1.165, 1.54) is 4.90 Å². The minimum absolute atomic E-state index is 0.194. The number of alkyl carbamates (subject to hydrolysis) is 1. The molecule has 2 rings (SSSR count). The standard InChI is InChI=1S/C17H22N2O5/c1-2-24-17(23)18-13(11-12-7-4-3-5-8-12)15(20)19-10-6-9-14(19)16(21)22/h3-5,7-8,13-14H,2,6,9-11H2,1H3,(H,18,23)(H,21,22)/t13-,14+/m1/s1. The lowest BCUT2D eigenvalue weighted by Gasteiger charge is -2.27. The van der Waals surface area contributed by atoms with Crippen molar-refractivity contribution >= 4 is 18.0 Å². The van der Waals surface area contributed by atoms with Crippen molar-refractivity contribution in [2.75, 3.05) is 13.2 Å². The fourth-order valence-corrected chi connectivity index (χ4v) is 2.85. The lowest BCUT2D eigenvalue weighted by molar-refractivity contribution is -0.148. The molecule has 24 heavy (non-hydrogen) atoms. The Balaban J connectivity index is 2.15. The fraction of sp³-hybridized carbons (Fsp3) is 0.471. The van der Waals surface area contributed by atoms with Crippen LogP contribution in [0.2, 0.25) is 0 Å². The molecule has 0 aromatic heterocycles. The molecule has 2 atom stereocenters. The molecule has 0 radical (unpaired) electrons. The second-order valence-corrected chi connectivity index (χ2v) is 5.64. The Bertz CT molecular complexity index is 590. The highest BCUT2D eigenvalue weighted by Crippen LogP contribution is 2.19. The maximum atomic E-state index is 12.8. The van der Waals surface area contributed by atoms with Crippen molar-refractivity contribution in [1.82, 2.24) is 10.2 Å². The number of hydrogen-bond acceptors (Lipinski definition) is 4. The predicted molar refractivity (Wildman–Crippen MR) is 86.5 cm³/mol. The molecule has 0 spiro atoms. The highest BCUT2D eigenvalue weighted by molar-refractivity contribution is 5.90. The third-order valence-electron chi connectivity index (χ3n) is 3.97. The predicted octanol–water partition coefficient (Wildman–Crippen LogP) is 1.42. The number of carboxylic acids is 1. The van der Waals surface area contributed by atoms with Crippen molar-refractivity contribution in [2.45, 2.75) is 38.3 Å². The van der Waals surface area contributed by atoms with Gasteiger partial charge in [0, 0.05) is 13.0 Å². The normalized spacial score (nSPS) is 18.0. The Hall–Kier alpha value is -2.57. The second kappa shape index (κ2) is 8.33. The molecule has 0 bridgehead atoms. The maximum absolute atomic E-state index is 12.8. The molecular formula is C17H22N2O5. The van der Waals surface area contributed by atoms with Gasteiger partial charge in [0.25, 0.3) is 0 Å². The number of hydrogen-bond donors (Lipinski definition) is 2. The Labute approximate surface area is 140 Å². The number of ether oxygens (including phenoxy) is 1. The first-order valence-electron chi connectivity index (χ1n) is 8.03. The lowest BCUT2D eigenvalue weighted by atomic mass is 10.0. The molecule has 1 aliphatic rings. The number of nitrogens with zero attached hydrogens (tertiary/aromatic N) is 1. The summed E-state index contributed by atoms with van der Waals surface area (Å²) in [7, 11) is 0. The van der Waals surface area contributed by atoms with Gasteiger partial charge in [-0.05, 0) is 25.3 Å². The molecule has 0 unspecified atom stereocenters. The van der Waals surface area contributed by atoms with Crippen molar-refractivity contribution < 1.29 is 24.2 Å². The van der Waals surface area contributed by atoms with Gasteiger partial charge in [0.15, 0.2) is 0 Å². The van der Waals surface area contributed by atoms with E-state index in [0.717, 1.165) is 5.56 Å². The number of amides is 2. The molecular weight excluding hydrogens is 312 g/mol. The molecule has 1 fully saturated rings. The summed E-state index contributed by atoms with van der Waals surface area (Å²) in [4.78, 5) is 37.2. The van der Waals surface area contributed by atoms with E-state index in [1.807, 2.05) is 30.3 Å². The van der Waals surface area contributed by atoms with Gasteiger partial charge >= 0.3 is 12.1 Å². The molecule has 1 aromatic rings. The van der Waals surface area contributed by atoms with E-state index in [9.17, 15) is 19.5 Å². The van der Waals surface area contributed by atoms with E-state index in [-0.39, 0.29) is 13.0 Å². The molecule has 1 aromatic carbocycles. The van der Waals surface area contributed by atoms with Crippen molar-refractivity contribution in [1.29, 1.82) is 0 Å². The van der Waals surface area contributed by atoms with Crippen LogP contribution in [0.15, 0.2) is 30.3 Å². The molecule has 1 heterocycles. The second-order valence-electron chi connectivity index (χ2n) is 5.64. The van der Waals surface area contributed by atoms with E-state index < -0.39 is 30.1 Å². The zero-order valence-corrected chi connectivity index (χ0v) is 13.6. The molecule has 7 heteroatoms. The first-order valence-corrected chi connectivity index (χ1v) is 8.03. The number of nitrogens with one attached hydrogen (secondary N) is 1. The molecule has 1 aliphatic heterocycles. The van der Waals surface area contributed by atoms with Crippen molar-refractivity contribution in [3.63, 3.8) is 0 Å². The fourth-order valence-electron chi connectivity index (χ4n) is 2.85. The van der Waals surface area contributed by atoms with Crippen LogP contribution >= 0.6 is 0 Å². The van der Waals surface area contributed by atoms with Crippen molar-refractivity contribution in [3.8, 4) is 0 Å².